The van der Waals surface area contributed by atoms with E-state index in [2.05, 4.69) is 9.71 Å². The minimum absolute atomic E-state index is 0.131. The van der Waals surface area contributed by atoms with Crippen LogP contribution in [0.15, 0.2) is 76.6 Å². The van der Waals surface area contributed by atoms with Gasteiger partial charge in [0.15, 0.2) is 4.80 Å². The molecule has 186 valence electrons. The molecule has 0 aliphatic heterocycles. The lowest BCUT2D eigenvalue weighted by Crippen LogP contribution is -2.16. The number of amides is 1. The zero-order chi connectivity index (χ0) is 25.9. The van der Waals surface area contributed by atoms with Crippen LogP contribution in [-0.4, -0.2) is 31.5 Å². The number of nitrogens with zero attached hydrogens (tertiary/aromatic N) is 2. The van der Waals surface area contributed by atoms with Crippen LogP contribution < -0.4 is 9.52 Å². The first-order valence-corrected chi connectivity index (χ1v) is 13.6. The predicted molar refractivity (Wildman–Crippen MR) is 140 cm³/mol. The van der Waals surface area contributed by atoms with Crippen molar-refractivity contribution in [3.63, 3.8) is 0 Å². The van der Waals surface area contributed by atoms with Gasteiger partial charge in [-0.3, -0.25) is 9.52 Å². The number of sulfonamides is 1. The Morgan fingerprint density at radius 1 is 1.00 bits per heavy atom. The number of ether oxygens (including phenoxy) is 1. The number of anilines is 1. The smallest absolute Gasteiger partial charge is 0.338 e. The maximum atomic E-state index is 13.0. The van der Waals surface area contributed by atoms with E-state index in [1.807, 2.05) is 24.5 Å². The van der Waals surface area contributed by atoms with E-state index in [-0.39, 0.29) is 22.8 Å². The summed E-state index contributed by atoms with van der Waals surface area (Å²) in [6.07, 6.45) is 0. The third-order valence-corrected chi connectivity index (χ3v) is 7.84. The standard InChI is InChI=1S/C26H25N3O5S2/c1-4-29-22-14-11-19(25(31)34-5-2)16-23(22)35-26(29)27-24(30)18-7-6-8-20(15-18)28-36(32,33)21-12-9-17(3)10-13-21/h6-16,28H,4-5H2,1-3H3. The summed E-state index contributed by atoms with van der Waals surface area (Å²) < 4.78 is 35.7. The van der Waals surface area contributed by atoms with Crippen LogP contribution >= 0.6 is 11.3 Å². The summed E-state index contributed by atoms with van der Waals surface area (Å²) in [4.78, 5) is 30.0. The Labute approximate surface area is 212 Å². The number of nitrogens with one attached hydrogen (secondary N) is 1. The Morgan fingerprint density at radius 2 is 1.75 bits per heavy atom. The van der Waals surface area contributed by atoms with E-state index in [9.17, 15) is 18.0 Å². The molecule has 3 aromatic carbocycles. The molecule has 1 aromatic heterocycles. The molecule has 1 N–H and O–H groups in total. The molecule has 0 saturated heterocycles. The summed E-state index contributed by atoms with van der Waals surface area (Å²) >= 11 is 1.29. The normalized spacial score (nSPS) is 12.0. The zero-order valence-corrected chi connectivity index (χ0v) is 21.7. The molecular weight excluding hydrogens is 498 g/mol. The van der Waals surface area contributed by atoms with Crippen LogP contribution in [0.1, 0.15) is 40.1 Å². The molecular formula is C26H25N3O5S2. The molecule has 36 heavy (non-hydrogen) atoms. The van der Waals surface area contributed by atoms with Gasteiger partial charge in [0.1, 0.15) is 0 Å². The van der Waals surface area contributed by atoms with Crippen molar-refractivity contribution >= 4 is 49.1 Å². The molecule has 1 heterocycles. The molecule has 0 fully saturated rings. The summed E-state index contributed by atoms with van der Waals surface area (Å²) in [6, 6.07) is 17.9. The van der Waals surface area contributed by atoms with Crippen LogP contribution in [-0.2, 0) is 21.3 Å². The lowest BCUT2D eigenvalue weighted by Gasteiger charge is -2.09. The SMILES string of the molecule is CCOC(=O)c1ccc2c(c1)sc(=NC(=O)c1cccc(NS(=O)(=O)c3ccc(C)cc3)c1)n2CC. The maximum absolute atomic E-state index is 13.0. The molecule has 0 radical (unpaired) electrons. The molecule has 0 atom stereocenters. The van der Waals surface area contributed by atoms with Crippen molar-refractivity contribution in [2.75, 3.05) is 11.3 Å². The Balaban J connectivity index is 1.65. The summed E-state index contributed by atoms with van der Waals surface area (Å²) in [7, 11) is -3.81. The number of aryl methyl sites for hydroxylation is 2. The summed E-state index contributed by atoms with van der Waals surface area (Å²) in [5, 5.41) is 0. The van der Waals surface area contributed by atoms with Gasteiger partial charge in [-0.15, -0.1) is 0 Å². The van der Waals surface area contributed by atoms with Crippen molar-refractivity contribution in [2.45, 2.75) is 32.2 Å². The van der Waals surface area contributed by atoms with Crippen molar-refractivity contribution < 1.29 is 22.7 Å². The van der Waals surface area contributed by atoms with Crippen LogP contribution in [0, 0.1) is 6.92 Å². The Kier molecular flexibility index (Phi) is 7.37. The number of thiazole rings is 1. The Hall–Kier alpha value is -3.76. The Morgan fingerprint density at radius 3 is 2.44 bits per heavy atom. The number of benzene rings is 3. The van der Waals surface area contributed by atoms with Gasteiger partial charge in [-0.05, 0) is 69.3 Å². The second-order valence-electron chi connectivity index (χ2n) is 7.95. The second kappa shape index (κ2) is 10.5. The molecule has 0 unspecified atom stereocenters. The van der Waals surface area contributed by atoms with Gasteiger partial charge < -0.3 is 9.30 Å². The van der Waals surface area contributed by atoms with Crippen LogP contribution in [0.2, 0.25) is 0 Å². The highest BCUT2D eigenvalue weighted by Crippen LogP contribution is 2.21. The number of carbonyl (C=O) groups is 2. The van der Waals surface area contributed by atoms with Crippen molar-refractivity contribution in [1.82, 2.24) is 4.57 Å². The molecule has 0 aliphatic carbocycles. The monoisotopic (exact) mass is 523 g/mol. The van der Waals surface area contributed by atoms with Gasteiger partial charge in [-0.1, -0.05) is 35.1 Å². The fraction of sp³-hybridized carbons (Fsp3) is 0.192. The molecule has 4 rings (SSSR count). The van der Waals surface area contributed by atoms with E-state index in [1.165, 1.54) is 29.5 Å². The molecule has 10 heteroatoms. The number of carbonyl (C=O) groups excluding carboxylic acids is 2. The van der Waals surface area contributed by atoms with Crippen molar-refractivity contribution in [1.29, 1.82) is 0 Å². The molecule has 4 aromatic rings. The topological polar surface area (TPSA) is 107 Å². The number of esters is 1. The van der Waals surface area contributed by atoms with E-state index in [0.717, 1.165) is 15.8 Å². The van der Waals surface area contributed by atoms with E-state index in [1.54, 1.807) is 49.4 Å². The third kappa shape index (κ3) is 5.39. The van der Waals surface area contributed by atoms with Crippen LogP contribution in [0.4, 0.5) is 5.69 Å². The maximum Gasteiger partial charge on any atom is 0.338 e. The summed E-state index contributed by atoms with van der Waals surface area (Å²) in [5.74, 6) is -0.916. The first kappa shape index (κ1) is 25.3. The van der Waals surface area contributed by atoms with Gasteiger partial charge in [0.05, 0.1) is 27.3 Å². The zero-order valence-electron chi connectivity index (χ0n) is 20.0. The minimum atomic E-state index is -3.81. The summed E-state index contributed by atoms with van der Waals surface area (Å²) in [5.41, 5.74) is 2.73. The number of rotatable bonds is 7. The van der Waals surface area contributed by atoms with Crippen molar-refractivity contribution in [3.8, 4) is 0 Å². The average Bonchev–Trinajstić information content (AvgIpc) is 3.20. The number of aromatic nitrogens is 1. The number of hydrogen-bond donors (Lipinski definition) is 1. The fourth-order valence-corrected chi connectivity index (χ4v) is 5.79. The average molecular weight is 524 g/mol. The van der Waals surface area contributed by atoms with Crippen molar-refractivity contribution in [3.05, 3.63) is 88.2 Å². The fourth-order valence-electron chi connectivity index (χ4n) is 3.60. The lowest BCUT2D eigenvalue weighted by molar-refractivity contribution is 0.0526. The predicted octanol–water partition coefficient (Wildman–Crippen LogP) is 4.75. The second-order valence-corrected chi connectivity index (χ2v) is 10.6. The quantitative estimate of drug-likeness (QED) is 0.352. The van der Waals surface area contributed by atoms with Crippen LogP contribution in [0.3, 0.4) is 0 Å². The van der Waals surface area contributed by atoms with Gasteiger partial charge in [-0.25, -0.2) is 13.2 Å². The molecule has 8 nitrogen and oxygen atoms in total. The highest BCUT2D eigenvalue weighted by molar-refractivity contribution is 7.92. The number of hydrogen-bond acceptors (Lipinski definition) is 6. The lowest BCUT2D eigenvalue weighted by atomic mass is 10.2. The van der Waals surface area contributed by atoms with Gasteiger partial charge >= 0.3 is 5.97 Å². The van der Waals surface area contributed by atoms with E-state index in [4.69, 9.17) is 4.74 Å². The summed E-state index contributed by atoms with van der Waals surface area (Å²) in [6.45, 7) is 6.42. The minimum Gasteiger partial charge on any atom is -0.462 e. The first-order chi connectivity index (χ1) is 17.2. The van der Waals surface area contributed by atoms with Gasteiger partial charge in [0, 0.05) is 17.8 Å². The van der Waals surface area contributed by atoms with Crippen LogP contribution in [0.5, 0.6) is 0 Å². The van der Waals surface area contributed by atoms with E-state index < -0.39 is 21.9 Å². The molecule has 0 saturated carbocycles. The first-order valence-electron chi connectivity index (χ1n) is 11.3. The van der Waals surface area contributed by atoms with Gasteiger partial charge in [0.2, 0.25) is 0 Å². The van der Waals surface area contributed by atoms with Gasteiger partial charge in [-0.2, -0.15) is 4.99 Å². The van der Waals surface area contributed by atoms with Crippen molar-refractivity contribution in [2.24, 2.45) is 4.99 Å². The van der Waals surface area contributed by atoms with E-state index >= 15 is 0 Å². The highest BCUT2D eigenvalue weighted by atomic mass is 32.2. The molecule has 1 amide bonds. The Bertz CT molecular complexity index is 1620. The number of fused-ring (bicyclic) bond motifs is 1. The molecule has 0 bridgehead atoms. The highest BCUT2D eigenvalue weighted by Gasteiger charge is 2.16. The largest absolute Gasteiger partial charge is 0.462 e. The van der Waals surface area contributed by atoms with Crippen LogP contribution in [0.25, 0.3) is 10.2 Å². The third-order valence-electron chi connectivity index (χ3n) is 5.40. The van der Waals surface area contributed by atoms with Gasteiger partial charge in [0.25, 0.3) is 15.9 Å². The molecule has 0 spiro atoms. The molecule has 0 aliphatic rings. The van der Waals surface area contributed by atoms with E-state index in [0.29, 0.717) is 16.9 Å².